The maximum Gasteiger partial charge on any atom is 0.243 e. The zero-order chi connectivity index (χ0) is 13.0. The van der Waals surface area contributed by atoms with E-state index in [2.05, 4.69) is 10.6 Å². The van der Waals surface area contributed by atoms with Crippen molar-refractivity contribution in [1.29, 1.82) is 0 Å². The topological polar surface area (TPSA) is 78.5 Å². The molecule has 3 amide bonds. The number of rotatable bonds is 4. The number of imide groups is 1. The van der Waals surface area contributed by atoms with Gasteiger partial charge in [0.1, 0.15) is 6.54 Å². The zero-order valence-electron chi connectivity index (χ0n) is 10.4. The molecule has 0 spiro atoms. The molecular weight excluding hydrogens is 222 g/mol. The maximum atomic E-state index is 11.6. The molecule has 1 atom stereocenters. The average molecular weight is 241 g/mol. The monoisotopic (exact) mass is 241 g/mol. The molecule has 1 saturated heterocycles. The molecule has 0 radical (unpaired) electrons. The molecule has 1 rings (SSSR count). The van der Waals surface area contributed by atoms with Crippen molar-refractivity contribution in [2.45, 2.75) is 26.8 Å². The van der Waals surface area contributed by atoms with Crippen LogP contribution in [0.4, 0.5) is 0 Å². The van der Waals surface area contributed by atoms with Crippen molar-refractivity contribution in [2.24, 2.45) is 5.92 Å². The molecule has 2 N–H and O–H groups in total. The first-order chi connectivity index (χ1) is 7.91. The SMILES string of the molecule is CC(C)C(C)NC(=O)CN1C(=O)CNCC1=O. The van der Waals surface area contributed by atoms with Crippen LogP contribution in [-0.2, 0) is 14.4 Å². The molecule has 1 aliphatic rings. The van der Waals surface area contributed by atoms with Crippen molar-refractivity contribution in [1.82, 2.24) is 15.5 Å². The fraction of sp³-hybridized carbons (Fsp3) is 0.727. The van der Waals surface area contributed by atoms with Crippen LogP contribution in [0.5, 0.6) is 0 Å². The molecule has 6 heteroatoms. The lowest BCUT2D eigenvalue weighted by Gasteiger charge is -2.26. The van der Waals surface area contributed by atoms with E-state index >= 15 is 0 Å². The Morgan fingerprint density at radius 2 is 1.82 bits per heavy atom. The molecule has 0 aliphatic carbocycles. The van der Waals surface area contributed by atoms with Crippen LogP contribution in [-0.4, -0.2) is 48.3 Å². The van der Waals surface area contributed by atoms with E-state index in [1.54, 1.807) is 0 Å². The number of nitrogens with one attached hydrogen (secondary N) is 2. The van der Waals surface area contributed by atoms with Gasteiger partial charge >= 0.3 is 0 Å². The predicted octanol–water partition coefficient (Wildman–Crippen LogP) is -0.894. The summed E-state index contributed by atoms with van der Waals surface area (Å²) in [5.41, 5.74) is 0. The molecule has 0 saturated carbocycles. The number of amides is 3. The van der Waals surface area contributed by atoms with Gasteiger partial charge < -0.3 is 5.32 Å². The molecule has 96 valence electrons. The first-order valence-corrected chi connectivity index (χ1v) is 5.75. The summed E-state index contributed by atoms with van der Waals surface area (Å²) in [6.07, 6.45) is 0. The number of piperazine rings is 1. The summed E-state index contributed by atoms with van der Waals surface area (Å²) in [7, 11) is 0. The van der Waals surface area contributed by atoms with Crippen molar-refractivity contribution in [2.75, 3.05) is 19.6 Å². The lowest BCUT2D eigenvalue weighted by atomic mass is 10.1. The van der Waals surface area contributed by atoms with Crippen molar-refractivity contribution in [3.05, 3.63) is 0 Å². The Morgan fingerprint density at radius 1 is 1.29 bits per heavy atom. The number of carbonyl (C=O) groups excluding carboxylic acids is 3. The standard InChI is InChI=1S/C11H19N3O3/c1-7(2)8(3)13-9(15)6-14-10(16)4-12-5-11(14)17/h7-8,12H,4-6H2,1-3H3,(H,13,15). The Kier molecular flexibility index (Phi) is 4.62. The Balaban J connectivity index is 2.49. The second-order valence-corrected chi connectivity index (χ2v) is 4.58. The van der Waals surface area contributed by atoms with E-state index in [-0.39, 0.29) is 43.4 Å². The van der Waals surface area contributed by atoms with Crippen molar-refractivity contribution >= 4 is 17.7 Å². The summed E-state index contributed by atoms with van der Waals surface area (Å²) in [6, 6.07) is 0.0237. The molecule has 6 nitrogen and oxygen atoms in total. The molecule has 1 heterocycles. The highest BCUT2D eigenvalue weighted by Crippen LogP contribution is 2.01. The maximum absolute atomic E-state index is 11.6. The molecule has 0 bridgehead atoms. The largest absolute Gasteiger partial charge is 0.352 e. The molecule has 1 aliphatic heterocycles. The number of hydrogen-bond acceptors (Lipinski definition) is 4. The molecule has 1 unspecified atom stereocenters. The Hall–Kier alpha value is -1.43. The summed E-state index contributed by atoms with van der Waals surface area (Å²) in [6.45, 7) is 5.91. The third kappa shape index (κ3) is 3.81. The summed E-state index contributed by atoms with van der Waals surface area (Å²) >= 11 is 0. The van der Waals surface area contributed by atoms with Gasteiger partial charge in [-0.25, -0.2) is 0 Å². The van der Waals surface area contributed by atoms with E-state index in [1.807, 2.05) is 20.8 Å². The quantitative estimate of drug-likeness (QED) is 0.626. The highest BCUT2D eigenvalue weighted by molar-refractivity contribution is 6.02. The van der Waals surface area contributed by atoms with E-state index in [9.17, 15) is 14.4 Å². The van der Waals surface area contributed by atoms with Gasteiger partial charge in [-0.2, -0.15) is 0 Å². The average Bonchev–Trinajstić information content (AvgIpc) is 2.23. The van der Waals surface area contributed by atoms with E-state index < -0.39 is 0 Å². The number of hydrogen-bond donors (Lipinski definition) is 2. The van der Waals surface area contributed by atoms with Gasteiger partial charge in [-0.15, -0.1) is 0 Å². The van der Waals surface area contributed by atoms with Crippen molar-refractivity contribution in [3.8, 4) is 0 Å². The summed E-state index contributed by atoms with van der Waals surface area (Å²) in [5, 5.41) is 5.44. The molecular formula is C11H19N3O3. The van der Waals surface area contributed by atoms with Crippen LogP contribution in [0.3, 0.4) is 0 Å². The lowest BCUT2D eigenvalue weighted by Crippen LogP contribution is -2.55. The van der Waals surface area contributed by atoms with E-state index in [4.69, 9.17) is 0 Å². The van der Waals surface area contributed by atoms with Crippen LogP contribution in [0, 0.1) is 5.92 Å². The van der Waals surface area contributed by atoms with Gasteiger partial charge in [-0.1, -0.05) is 13.8 Å². The Labute approximate surface area is 101 Å². The molecule has 0 aromatic rings. The fourth-order valence-electron chi connectivity index (χ4n) is 1.39. The third-order valence-electron chi connectivity index (χ3n) is 2.84. The van der Waals surface area contributed by atoms with E-state index in [0.717, 1.165) is 4.90 Å². The van der Waals surface area contributed by atoms with Crippen LogP contribution < -0.4 is 10.6 Å². The predicted molar refractivity (Wildman–Crippen MR) is 62.0 cm³/mol. The highest BCUT2D eigenvalue weighted by atomic mass is 16.2. The van der Waals surface area contributed by atoms with Gasteiger partial charge in [0.05, 0.1) is 13.1 Å². The lowest BCUT2D eigenvalue weighted by molar-refractivity contribution is -0.149. The fourth-order valence-corrected chi connectivity index (χ4v) is 1.39. The van der Waals surface area contributed by atoms with E-state index in [0.29, 0.717) is 5.92 Å². The smallest absolute Gasteiger partial charge is 0.243 e. The van der Waals surface area contributed by atoms with Gasteiger partial charge in [0.15, 0.2) is 0 Å². The molecule has 17 heavy (non-hydrogen) atoms. The van der Waals surface area contributed by atoms with Crippen molar-refractivity contribution in [3.63, 3.8) is 0 Å². The van der Waals surface area contributed by atoms with Crippen LogP contribution in [0.25, 0.3) is 0 Å². The van der Waals surface area contributed by atoms with Gasteiger partial charge in [0.25, 0.3) is 0 Å². The summed E-state index contributed by atoms with van der Waals surface area (Å²) < 4.78 is 0. The Morgan fingerprint density at radius 3 is 2.29 bits per heavy atom. The van der Waals surface area contributed by atoms with Gasteiger partial charge in [0.2, 0.25) is 17.7 Å². The first kappa shape index (κ1) is 13.6. The zero-order valence-corrected chi connectivity index (χ0v) is 10.4. The minimum atomic E-state index is -0.353. The second kappa shape index (κ2) is 5.77. The molecule has 0 aromatic carbocycles. The molecule has 1 fully saturated rings. The van der Waals surface area contributed by atoms with Gasteiger partial charge in [-0.05, 0) is 12.8 Å². The third-order valence-corrected chi connectivity index (χ3v) is 2.84. The second-order valence-electron chi connectivity index (χ2n) is 4.58. The highest BCUT2D eigenvalue weighted by Gasteiger charge is 2.27. The van der Waals surface area contributed by atoms with Crippen LogP contribution in [0.15, 0.2) is 0 Å². The normalized spacial score (nSPS) is 18.5. The Bertz CT molecular complexity index is 312. The number of nitrogens with zero attached hydrogens (tertiary/aromatic N) is 1. The molecule has 0 aromatic heterocycles. The minimum absolute atomic E-state index is 0.0237. The summed E-state index contributed by atoms with van der Waals surface area (Å²) in [4.78, 5) is 35.5. The van der Waals surface area contributed by atoms with Crippen LogP contribution in [0.1, 0.15) is 20.8 Å². The van der Waals surface area contributed by atoms with Crippen molar-refractivity contribution < 1.29 is 14.4 Å². The minimum Gasteiger partial charge on any atom is -0.352 e. The van der Waals surface area contributed by atoms with Crippen LogP contribution >= 0.6 is 0 Å². The van der Waals surface area contributed by atoms with Gasteiger partial charge in [0, 0.05) is 6.04 Å². The first-order valence-electron chi connectivity index (χ1n) is 5.75. The number of carbonyl (C=O) groups is 3. The van der Waals surface area contributed by atoms with E-state index in [1.165, 1.54) is 0 Å². The van der Waals surface area contributed by atoms with Gasteiger partial charge in [-0.3, -0.25) is 24.6 Å². The summed E-state index contributed by atoms with van der Waals surface area (Å²) in [5.74, 6) is -0.689. The van der Waals surface area contributed by atoms with Crippen LogP contribution in [0.2, 0.25) is 0 Å².